The first-order chi connectivity index (χ1) is 13.2. The highest BCUT2D eigenvalue weighted by atomic mass is 19.1. The Morgan fingerprint density at radius 2 is 2.11 bits per heavy atom. The molecule has 0 saturated carbocycles. The molecule has 1 fully saturated rings. The van der Waals surface area contributed by atoms with E-state index in [1.165, 1.54) is 17.7 Å². The fourth-order valence-electron chi connectivity index (χ4n) is 3.67. The van der Waals surface area contributed by atoms with Gasteiger partial charge < -0.3 is 15.0 Å². The van der Waals surface area contributed by atoms with E-state index < -0.39 is 0 Å². The molecule has 1 amide bonds. The first kappa shape index (κ1) is 17.6. The molecule has 0 aromatic heterocycles. The molecule has 0 unspecified atom stereocenters. The third kappa shape index (κ3) is 4.30. The second-order valence-electron chi connectivity index (χ2n) is 7.12. The van der Waals surface area contributed by atoms with Crippen molar-refractivity contribution < 1.29 is 13.9 Å². The van der Waals surface area contributed by atoms with E-state index in [0.717, 1.165) is 49.5 Å². The maximum atomic E-state index is 13.0. The largest absolute Gasteiger partial charge is 0.493 e. The number of halogens is 1. The lowest BCUT2D eigenvalue weighted by Crippen LogP contribution is -2.29. The molecule has 27 heavy (non-hydrogen) atoms. The zero-order chi connectivity index (χ0) is 18.6. The van der Waals surface area contributed by atoms with Crippen molar-refractivity contribution in [3.63, 3.8) is 0 Å². The van der Waals surface area contributed by atoms with Crippen LogP contribution in [0, 0.1) is 11.7 Å². The molecule has 2 heterocycles. The molecule has 4 nitrogen and oxygen atoms in total. The minimum Gasteiger partial charge on any atom is -0.493 e. The van der Waals surface area contributed by atoms with Crippen LogP contribution in [0.5, 0.6) is 5.75 Å². The number of carbonyl (C=O) groups is 1. The van der Waals surface area contributed by atoms with Gasteiger partial charge in [-0.05, 0) is 65.9 Å². The van der Waals surface area contributed by atoms with Crippen LogP contribution < -0.4 is 15.0 Å². The summed E-state index contributed by atoms with van der Waals surface area (Å²) in [5, 5.41) is 2.99. The molecule has 1 atom stereocenters. The number of anilines is 1. The van der Waals surface area contributed by atoms with Crippen LogP contribution >= 0.6 is 0 Å². The van der Waals surface area contributed by atoms with Crippen molar-refractivity contribution >= 4 is 17.7 Å². The van der Waals surface area contributed by atoms with Crippen LogP contribution in [-0.2, 0) is 11.2 Å². The molecule has 5 heteroatoms. The molecule has 0 radical (unpaired) electrons. The Morgan fingerprint density at radius 1 is 1.26 bits per heavy atom. The Hall–Kier alpha value is -2.82. The van der Waals surface area contributed by atoms with E-state index in [2.05, 4.69) is 16.3 Å². The molecule has 2 aliphatic rings. The van der Waals surface area contributed by atoms with Crippen LogP contribution in [0.25, 0.3) is 6.08 Å². The van der Waals surface area contributed by atoms with Gasteiger partial charge in [-0.1, -0.05) is 6.07 Å². The zero-order valence-corrected chi connectivity index (χ0v) is 15.2. The number of nitrogens with one attached hydrogen (secondary N) is 1. The Labute approximate surface area is 158 Å². The smallest absolute Gasteiger partial charge is 0.244 e. The number of ether oxygens (including phenoxy) is 1. The van der Waals surface area contributed by atoms with Gasteiger partial charge in [0, 0.05) is 37.8 Å². The van der Waals surface area contributed by atoms with Crippen LogP contribution in [-0.4, -0.2) is 32.1 Å². The first-order valence-corrected chi connectivity index (χ1v) is 9.39. The lowest BCUT2D eigenvalue weighted by Gasteiger charge is -2.18. The predicted octanol–water partition coefficient (Wildman–Crippen LogP) is 3.42. The van der Waals surface area contributed by atoms with Crippen LogP contribution in [0.2, 0.25) is 0 Å². The van der Waals surface area contributed by atoms with Gasteiger partial charge in [0.05, 0.1) is 6.61 Å². The third-order valence-corrected chi connectivity index (χ3v) is 5.18. The number of nitrogens with zero attached hydrogens (tertiary/aromatic N) is 1. The summed E-state index contributed by atoms with van der Waals surface area (Å²) in [5.74, 6) is 1.06. The standard InChI is InChI=1S/C22H23FN2O2/c23-19-3-5-20(6-4-19)25-11-9-17(15-25)14-24-22(26)8-2-16-1-7-21-18(13-16)10-12-27-21/h1-8,13,17H,9-12,14-15H2,(H,24,26)/b8-2-/t17-/m0/s1. The Kier molecular flexibility index (Phi) is 5.10. The summed E-state index contributed by atoms with van der Waals surface area (Å²) in [7, 11) is 0. The SMILES string of the molecule is O=C(/C=C\c1ccc2c(c1)CCO2)NC[C@@H]1CCN(c2ccc(F)cc2)C1. The lowest BCUT2D eigenvalue weighted by atomic mass is 10.1. The van der Waals surface area contributed by atoms with Gasteiger partial charge in [-0.15, -0.1) is 0 Å². The second kappa shape index (κ2) is 7.82. The number of hydrogen-bond donors (Lipinski definition) is 1. The van der Waals surface area contributed by atoms with Gasteiger partial charge in [-0.25, -0.2) is 4.39 Å². The average molecular weight is 366 g/mol. The van der Waals surface area contributed by atoms with E-state index in [4.69, 9.17) is 4.74 Å². The van der Waals surface area contributed by atoms with Gasteiger partial charge in [-0.2, -0.15) is 0 Å². The predicted molar refractivity (Wildman–Crippen MR) is 104 cm³/mol. The van der Waals surface area contributed by atoms with Gasteiger partial charge in [0.2, 0.25) is 5.91 Å². The quantitative estimate of drug-likeness (QED) is 0.825. The molecule has 1 saturated heterocycles. The summed E-state index contributed by atoms with van der Waals surface area (Å²) in [6.45, 7) is 3.19. The fraction of sp³-hybridized carbons (Fsp3) is 0.318. The number of hydrogen-bond acceptors (Lipinski definition) is 3. The molecule has 0 spiro atoms. The van der Waals surface area contributed by atoms with Gasteiger partial charge >= 0.3 is 0 Å². The number of amides is 1. The highest BCUT2D eigenvalue weighted by Crippen LogP contribution is 2.26. The van der Waals surface area contributed by atoms with Crippen molar-refractivity contribution in [3.05, 3.63) is 65.5 Å². The molecule has 140 valence electrons. The summed E-state index contributed by atoms with van der Waals surface area (Å²) in [6, 6.07) is 12.6. The van der Waals surface area contributed by atoms with E-state index >= 15 is 0 Å². The lowest BCUT2D eigenvalue weighted by molar-refractivity contribution is -0.116. The molecule has 4 rings (SSSR count). The topological polar surface area (TPSA) is 41.6 Å². The molecular weight excluding hydrogens is 343 g/mol. The van der Waals surface area contributed by atoms with Gasteiger partial charge in [0.15, 0.2) is 0 Å². The summed E-state index contributed by atoms with van der Waals surface area (Å²) in [5.41, 5.74) is 3.24. The number of carbonyl (C=O) groups excluding carboxylic acids is 1. The Bertz CT molecular complexity index is 848. The fourth-order valence-corrected chi connectivity index (χ4v) is 3.67. The van der Waals surface area contributed by atoms with Crippen molar-refractivity contribution in [2.45, 2.75) is 12.8 Å². The van der Waals surface area contributed by atoms with Crippen LogP contribution in [0.1, 0.15) is 17.5 Å². The first-order valence-electron chi connectivity index (χ1n) is 9.39. The Balaban J connectivity index is 1.25. The summed E-state index contributed by atoms with van der Waals surface area (Å²) >= 11 is 0. The van der Waals surface area contributed by atoms with Gasteiger partial charge in [-0.3, -0.25) is 4.79 Å². The zero-order valence-electron chi connectivity index (χ0n) is 15.2. The molecule has 1 N–H and O–H groups in total. The van der Waals surface area contributed by atoms with Gasteiger partial charge in [0.25, 0.3) is 0 Å². The maximum Gasteiger partial charge on any atom is 0.244 e. The van der Waals surface area contributed by atoms with Crippen molar-refractivity contribution in [2.24, 2.45) is 5.92 Å². The van der Waals surface area contributed by atoms with Crippen LogP contribution in [0.4, 0.5) is 10.1 Å². The van der Waals surface area contributed by atoms with Crippen molar-refractivity contribution in [3.8, 4) is 5.75 Å². The number of benzene rings is 2. The van der Waals surface area contributed by atoms with Crippen molar-refractivity contribution in [1.29, 1.82) is 0 Å². The minimum absolute atomic E-state index is 0.0769. The average Bonchev–Trinajstić information content (AvgIpc) is 3.34. The molecule has 0 bridgehead atoms. The van der Waals surface area contributed by atoms with E-state index in [9.17, 15) is 9.18 Å². The van der Waals surface area contributed by atoms with Crippen LogP contribution in [0.15, 0.2) is 48.5 Å². The Morgan fingerprint density at radius 3 is 2.96 bits per heavy atom. The molecule has 2 aromatic rings. The van der Waals surface area contributed by atoms with E-state index in [1.807, 2.05) is 18.2 Å². The summed E-state index contributed by atoms with van der Waals surface area (Å²) in [4.78, 5) is 14.4. The summed E-state index contributed by atoms with van der Waals surface area (Å²) < 4.78 is 18.5. The van der Waals surface area contributed by atoms with E-state index in [1.54, 1.807) is 18.2 Å². The van der Waals surface area contributed by atoms with Crippen LogP contribution in [0.3, 0.4) is 0 Å². The highest BCUT2D eigenvalue weighted by molar-refractivity contribution is 5.91. The number of rotatable bonds is 5. The summed E-state index contributed by atoms with van der Waals surface area (Å²) in [6.07, 6.45) is 5.37. The number of fused-ring (bicyclic) bond motifs is 1. The monoisotopic (exact) mass is 366 g/mol. The van der Waals surface area contributed by atoms with Crippen molar-refractivity contribution in [2.75, 3.05) is 31.1 Å². The van der Waals surface area contributed by atoms with Gasteiger partial charge in [0.1, 0.15) is 11.6 Å². The minimum atomic E-state index is -0.218. The normalized spacial score (nSPS) is 18.6. The second-order valence-corrected chi connectivity index (χ2v) is 7.12. The highest BCUT2D eigenvalue weighted by Gasteiger charge is 2.22. The maximum absolute atomic E-state index is 13.0. The van der Waals surface area contributed by atoms with E-state index in [0.29, 0.717) is 12.5 Å². The van der Waals surface area contributed by atoms with E-state index in [-0.39, 0.29) is 11.7 Å². The third-order valence-electron chi connectivity index (χ3n) is 5.18. The molecular formula is C22H23FN2O2. The molecule has 2 aliphatic heterocycles. The molecule has 0 aliphatic carbocycles. The molecule has 2 aromatic carbocycles. The van der Waals surface area contributed by atoms with Crippen molar-refractivity contribution in [1.82, 2.24) is 5.32 Å².